The van der Waals surface area contributed by atoms with E-state index in [2.05, 4.69) is 19.8 Å². The Kier molecular flexibility index (Phi) is 6.18. The lowest BCUT2D eigenvalue weighted by atomic mass is 9.84. The fourth-order valence-corrected chi connectivity index (χ4v) is 5.68. The number of amides is 1. The molecule has 3 aliphatic rings. The number of rotatable bonds is 7. The van der Waals surface area contributed by atoms with Crippen LogP contribution < -0.4 is 10.3 Å². The zero-order valence-electron chi connectivity index (χ0n) is 20.1. The van der Waals surface area contributed by atoms with Crippen LogP contribution in [0.1, 0.15) is 38.5 Å². The van der Waals surface area contributed by atoms with E-state index in [9.17, 15) is 9.90 Å². The maximum absolute atomic E-state index is 12.4. The Morgan fingerprint density at radius 2 is 1.83 bits per heavy atom. The third-order valence-electron chi connectivity index (χ3n) is 7.32. The number of aliphatic hydroxyl groups is 1. The van der Waals surface area contributed by atoms with Gasteiger partial charge in [0.15, 0.2) is 5.82 Å². The molecular weight excluding hydrogens is 472 g/mol. The first-order valence-electron chi connectivity index (χ1n) is 12.7. The van der Waals surface area contributed by atoms with Gasteiger partial charge in [-0.3, -0.25) is 9.80 Å². The van der Waals surface area contributed by atoms with E-state index >= 15 is 0 Å². The van der Waals surface area contributed by atoms with Gasteiger partial charge in [-0.25, -0.2) is 0 Å². The minimum atomic E-state index is -0.757. The number of aromatic nitrogens is 2. The average molecular weight is 503 g/mol. The summed E-state index contributed by atoms with van der Waals surface area (Å²) in [5, 5.41) is 22.0. The van der Waals surface area contributed by atoms with Crippen LogP contribution in [0.3, 0.4) is 0 Å². The van der Waals surface area contributed by atoms with Gasteiger partial charge in [0.2, 0.25) is 11.0 Å². The first-order chi connectivity index (χ1) is 17.6. The molecule has 2 N–H and O–H groups in total. The SMILES string of the molecule is O=C(C1CC1)N1CCC(O)(CC2CC=NN2c2ccc(Nc3nc(-c4ccccc4)ns3)cc2)CC1. The molecule has 1 aromatic heterocycles. The highest BCUT2D eigenvalue weighted by Gasteiger charge is 2.41. The Morgan fingerprint density at radius 1 is 1.08 bits per heavy atom. The molecule has 0 bridgehead atoms. The average Bonchev–Trinajstić information content (AvgIpc) is 3.49. The molecule has 6 rings (SSSR count). The van der Waals surface area contributed by atoms with Gasteiger partial charge in [0, 0.05) is 54.4 Å². The van der Waals surface area contributed by atoms with E-state index in [0.29, 0.717) is 32.4 Å². The predicted octanol–water partition coefficient (Wildman–Crippen LogP) is 4.67. The number of anilines is 3. The second-order valence-corrected chi connectivity index (χ2v) is 10.8. The maximum Gasteiger partial charge on any atom is 0.225 e. The monoisotopic (exact) mass is 502 g/mol. The largest absolute Gasteiger partial charge is 0.390 e. The van der Waals surface area contributed by atoms with E-state index in [4.69, 9.17) is 0 Å². The summed E-state index contributed by atoms with van der Waals surface area (Å²) in [5.41, 5.74) is 2.16. The molecular formula is C27H30N6O2S. The van der Waals surface area contributed by atoms with Crippen molar-refractivity contribution in [3.63, 3.8) is 0 Å². The normalized spacial score (nSPS) is 21.1. The molecule has 1 aliphatic carbocycles. The van der Waals surface area contributed by atoms with Gasteiger partial charge < -0.3 is 15.3 Å². The fraction of sp³-hybridized carbons (Fsp3) is 0.407. The number of likely N-dealkylation sites (tertiary alicyclic amines) is 1. The van der Waals surface area contributed by atoms with Crippen molar-refractivity contribution in [3.8, 4) is 11.4 Å². The van der Waals surface area contributed by atoms with Crippen LogP contribution in [-0.4, -0.2) is 56.2 Å². The lowest BCUT2D eigenvalue weighted by Gasteiger charge is -2.40. The minimum Gasteiger partial charge on any atom is -0.390 e. The Hall–Kier alpha value is -3.30. The predicted molar refractivity (Wildman–Crippen MR) is 143 cm³/mol. The molecule has 1 saturated carbocycles. The molecule has 3 heterocycles. The van der Waals surface area contributed by atoms with Crippen molar-refractivity contribution in [2.45, 2.75) is 50.2 Å². The smallest absolute Gasteiger partial charge is 0.225 e. The molecule has 0 spiro atoms. The van der Waals surface area contributed by atoms with Gasteiger partial charge in [-0.15, -0.1) is 0 Å². The van der Waals surface area contributed by atoms with Gasteiger partial charge in [0.1, 0.15) is 0 Å². The highest BCUT2D eigenvalue weighted by atomic mass is 32.1. The zero-order chi connectivity index (χ0) is 24.5. The summed E-state index contributed by atoms with van der Waals surface area (Å²) >= 11 is 1.34. The zero-order valence-corrected chi connectivity index (χ0v) is 20.9. The van der Waals surface area contributed by atoms with Crippen molar-refractivity contribution in [2.24, 2.45) is 11.0 Å². The van der Waals surface area contributed by atoms with Gasteiger partial charge in [0.05, 0.1) is 17.3 Å². The van der Waals surface area contributed by atoms with Crippen LogP contribution in [0.15, 0.2) is 59.7 Å². The van der Waals surface area contributed by atoms with Crippen molar-refractivity contribution >= 4 is 40.2 Å². The van der Waals surface area contributed by atoms with E-state index in [1.807, 2.05) is 70.7 Å². The maximum atomic E-state index is 12.4. The summed E-state index contributed by atoms with van der Waals surface area (Å²) in [4.78, 5) is 18.9. The van der Waals surface area contributed by atoms with Gasteiger partial charge in [0.25, 0.3) is 0 Å². The summed E-state index contributed by atoms with van der Waals surface area (Å²) in [5.74, 6) is 1.24. The lowest BCUT2D eigenvalue weighted by molar-refractivity contribution is -0.137. The molecule has 1 amide bonds. The molecule has 2 fully saturated rings. The number of carbonyl (C=O) groups is 1. The summed E-state index contributed by atoms with van der Waals surface area (Å²) < 4.78 is 4.46. The number of hydrogen-bond donors (Lipinski definition) is 2. The highest BCUT2D eigenvalue weighted by Crippen LogP contribution is 2.36. The molecule has 36 heavy (non-hydrogen) atoms. The topological polar surface area (TPSA) is 94.0 Å². The Balaban J connectivity index is 1.06. The summed E-state index contributed by atoms with van der Waals surface area (Å²) in [6, 6.07) is 18.2. The van der Waals surface area contributed by atoms with Crippen molar-refractivity contribution in [1.82, 2.24) is 14.3 Å². The van der Waals surface area contributed by atoms with Crippen molar-refractivity contribution in [2.75, 3.05) is 23.4 Å². The van der Waals surface area contributed by atoms with Gasteiger partial charge in [-0.1, -0.05) is 30.3 Å². The molecule has 2 aliphatic heterocycles. The van der Waals surface area contributed by atoms with Gasteiger partial charge in [-0.05, 0) is 56.4 Å². The van der Waals surface area contributed by atoms with Gasteiger partial charge in [-0.2, -0.15) is 14.5 Å². The first-order valence-corrected chi connectivity index (χ1v) is 13.4. The first kappa shape index (κ1) is 23.1. The molecule has 9 heteroatoms. The standard InChI is InChI=1S/C27H30N6O2S/c34-25(20-6-7-20)32-16-13-27(35,14-17-32)18-23-12-15-28-33(23)22-10-8-21(9-11-22)29-26-30-24(31-36-26)19-4-2-1-3-5-19/h1-5,8-11,15,20,23,35H,6-7,12-14,16-18H2,(H,29,30,31). The van der Waals surface area contributed by atoms with Crippen LogP contribution in [0.2, 0.25) is 0 Å². The second-order valence-electron chi connectivity index (χ2n) is 10.0. The van der Waals surface area contributed by atoms with Crippen molar-refractivity contribution in [3.05, 3.63) is 54.6 Å². The van der Waals surface area contributed by atoms with Crippen LogP contribution >= 0.6 is 11.5 Å². The molecule has 1 saturated heterocycles. The van der Waals surface area contributed by atoms with Crippen LogP contribution in [0.25, 0.3) is 11.4 Å². The molecule has 186 valence electrons. The Bertz CT molecular complexity index is 1230. The van der Waals surface area contributed by atoms with E-state index in [1.54, 1.807) is 0 Å². The van der Waals surface area contributed by atoms with E-state index in [0.717, 1.165) is 47.2 Å². The molecule has 1 atom stereocenters. The number of piperidine rings is 1. The number of nitrogens with one attached hydrogen (secondary N) is 1. The third-order valence-corrected chi connectivity index (χ3v) is 7.95. The van der Waals surface area contributed by atoms with Crippen LogP contribution in [-0.2, 0) is 4.79 Å². The minimum absolute atomic E-state index is 0.107. The Labute approximate surface area is 214 Å². The van der Waals surface area contributed by atoms with Crippen molar-refractivity contribution < 1.29 is 9.90 Å². The number of carbonyl (C=O) groups excluding carboxylic acids is 1. The fourth-order valence-electron chi connectivity index (χ4n) is 5.07. The van der Waals surface area contributed by atoms with Crippen LogP contribution in [0, 0.1) is 5.92 Å². The molecule has 8 nitrogen and oxygen atoms in total. The molecule has 0 radical (unpaired) electrons. The summed E-state index contributed by atoms with van der Waals surface area (Å²) in [6.07, 6.45) is 6.69. The third kappa shape index (κ3) is 4.99. The number of benzene rings is 2. The van der Waals surface area contributed by atoms with Crippen LogP contribution in [0.5, 0.6) is 0 Å². The van der Waals surface area contributed by atoms with E-state index < -0.39 is 5.60 Å². The van der Waals surface area contributed by atoms with E-state index in [-0.39, 0.29) is 17.9 Å². The number of hydrazone groups is 1. The highest BCUT2D eigenvalue weighted by molar-refractivity contribution is 7.09. The molecule has 3 aromatic rings. The lowest BCUT2D eigenvalue weighted by Crippen LogP contribution is -2.49. The molecule has 2 aromatic carbocycles. The second kappa shape index (κ2) is 9.63. The van der Waals surface area contributed by atoms with Crippen molar-refractivity contribution in [1.29, 1.82) is 0 Å². The number of nitrogens with zero attached hydrogens (tertiary/aromatic N) is 5. The Morgan fingerprint density at radius 3 is 2.56 bits per heavy atom. The molecule has 1 unspecified atom stereocenters. The number of hydrogen-bond acceptors (Lipinski definition) is 8. The van der Waals surface area contributed by atoms with Crippen LogP contribution in [0.4, 0.5) is 16.5 Å². The summed E-state index contributed by atoms with van der Waals surface area (Å²) in [6.45, 7) is 1.30. The van der Waals surface area contributed by atoms with E-state index in [1.165, 1.54) is 11.5 Å². The summed E-state index contributed by atoms with van der Waals surface area (Å²) in [7, 11) is 0. The quantitative estimate of drug-likeness (QED) is 0.488. The van der Waals surface area contributed by atoms with Gasteiger partial charge >= 0.3 is 0 Å².